The first-order chi connectivity index (χ1) is 21.6. The minimum Gasteiger partial charge on any atom is -0.484 e. The van der Waals surface area contributed by atoms with Crippen LogP contribution in [-0.2, 0) is 0 Å². The van der Waals surface area contributed by atoms with Gasteiger partial charge in [0.15, 0.2) is 5.65 Å². The molecule has 0 saturated carbocycles. The van der Waals surface area contributed by atoms with Gasteiger partial charge in [-0.15, -0.1) is 10.2 Å². The van der Waals surface area contributed by atoms with Gasteiger partial charge in [-0.3, -0.25) is 9.72 Å². The van der Waals surface area contributed by atoms with Crippen LogP contribution in [0.25, 0.3) is 5.65 Å². The Morgan fingerprint density at radius 1 is 1.00 bits per heavy atom. The molecule has 2 atom stereocenters. The van der Waals surface area contributed by atoms with Crippen molar-refractivity contribution in [3.05, 3.63) is 95.3 Å². The second-order valence-electron chi connectivity index (χ2n) is 12.9. The van der Waals surface area contributed by atoms with Crippen LogP contribution >= 0.6 is 0 Å². The number of aryl methyl sites for hydroxylation is 1. The number of aliphatic imine (C=N–C) groups is 1. The Hall–Kier alpha value is -4.86. The molecule has 4 N–H and O–H groups in total. The highest BCUT2D eigenvalue weighted by atomic mass is 16.5. The number of aromatic nitrogens is 3. The lowest BCUT2D eigenvalue weighted by Gasteiger charge is -2.32. The lowest BCUT2D eigenvalue weighted by atomic mass is 9.85. The predicted octanol–water partition coefficient (Wildman–Crippen LogP) is 6.51. The number of fused-ring (bicyclic) bond motifs is 2. The van der Waals surface area contributed by atoms with E-state index in [9.17, 15) is 4.79 Å². The number of amidine groups is 1. The van der Waals surface area contributed by atoms with E-state index in [4.69, 9.17) is 15.5 Å². The maximum Gasteiger partial charge on any atom is 0.320 e. The summed E-state index contributed by atoms with van der Waals surface area (Å²) < 4.78 is 8.60. The van der Waals surface area contributed by atoms with Crippen LogP contribution in [0, 0.1) is 12.3 Å². The Balaban J connectivity index is 1.19. The summed E-state index contributed by atoms with van der Waals surface area (Å²) in [5.74, 6) is 2.00. The van der Waals surface area contributed by atoms with Crippen molar-refractivity contribution in [1.29, 1.82) is 0 Å². The maximum atomic E-state index is 13.4. The number of amides is 2. The SMILES string of the molecule is Cc1ccc(N=C(/C=C(\N)C(C)(C)C)NC(=O)N[C@H]2CC[C@@H](Oc3ccc4nnc(N5CCCC5)n4c3)c3ccccc32)cc1. The summed E-state index contributed by atoms with van der Waals surface area (Å²) in [4.78, 5) is 20.4. The number of pyridine rings is 1. The highest BCUT2D eigenvalue weighted by Crippen LogP contribution is 2.39. The van der Waals surface area contributed by atoms with E-state index in [1.54, 1.807) is 6.08 Å². The molecule has 1 fully saturated rings. The monoisotopic (exact) mass is 606 g/mol. The van der Waals surface area contributed by atoms with Gasteiger partial charge in [-0.2, -0.15) is 0 Å². The van der Waals surface area contributed by atoms with Gasteiger partial charge in [0.2, 0.25) is 5.95 Å². The molecule has 10 heteroatoms. The second-order valence-corrected chi connectivity index (χ2v) is 12.9. The number of urea groups is 1. The zero-order chi connectivity index (χ0) is 31.6. The van der Waals surface area contributed by atoms with Crippen LogP contribution in [0.3, 0.4) is 0 Å². The molecule has 6 rings (SSSR count). The van der Waals surface area contributed by atoms with Crippen LogP contribution in [0.15, 0.2) is 83.6 Å². The quantitative estimate of drug-likeness (QED) is 0.170. The summed E-state index contributed by atoms with van der Waals surface area (Å²) in [5, 5.41) is 14.9. The fourth-order valence-electron chi connectivity index (χ4n) is 5.78. The Kier molecular flexibility index (Phi) is 8.47. The van der Waals surface area contributed by atoms with E-state index >= 15 is 0 Å². The molecule has 1 aliphatic carbocycles. The first-order valence-electron chi connectivity index (χ1n) is 15.7. The number of nitrogens with zero attached hydrogens (tertiary/aromatic N) is 5. The molecule has 3 heterocycles. The average molecular weight is 607 g/mol. The molecule has 4 aromatic rings. The summed E-state index contributed by atoms with van der Waals surface area (Å²) >= 11 is 0. The lowest BCUT2D eigenvalue weighted by molar-refractivity contribution is 0.171. The predicted molar refractivity (Wildman–Crippen MR) is 178 cm³/mol. The van der Waals surface area contributed by atoms with Crippen LogP contribution in [0.5, 0.6) is 5.75 Å². The van der Waals surface area contributed by atoms with Gasteiger partial charge in [-0.1, -0.05) is 62.7 Å². The Labute approximate surface area is 264 Å². The molecule has 234 valence electrons. The van der Waals surface area contributed by atoms with E-state index in [0.717, 1.165) is 59.2 Å². The van der Waals surface area contributed by atoms with Crippen LogP contribution in [0.2, 0.25) is 0 Å². The maximum absolute atomic E-state index is 13.4. The summed E-state index contributed by atoms with van der Waals surface area (Å²) in [6.45, 7) is 10.1. The fraction of sp³-hybridized carbons (Fsp3) is 0.371. The van der Waals surface area contributed by atoms with Crippen molar-refractivity contribution >= 4 is 29.1 Å². The normalized spacial score (nSPS) is 19.0. The minimum absolute atomic E-state index is 0.153. The largest absolute Gasteiger partial charge is 0.484 e. The van der Waals surface area contributed by atoms with E-state index in [-0.39, 0.29) is 23.6 Å². The average Bonchev–Trinajstić information content (AvgIpc) is 3.69. The van der Waals surface area contributed by atoms with Gasteiger partial charge in [0.25, 0.3) is 0 Å². The fourth-order valence-corrected chi connectivity index (χ4v) is 5.78. The summed E-state index contributed by atoms with van der Waals surface area (Å²) in [6.07, 6.45) is 7.35. The van der Waals surface area contributed by atoms with Crippen molar-refractivity contribution in [2.24, 2.45) is 16.1 Å². The summed E-state index contributed by atoms with van der Waals surface area (Å²) in [5.41, 5.74) is 11.5. The topological polar surface area (TPSA) is 122 Å². The van der Waals surface area contributed by atoms with E-state index in [1.807, 2.05) is 86.8 Å². The zero-order valence-electron chi connectivity index (χ0n) is 26.5. The van der Waals surface area contributed by atoms with Gasteiger partial charge in [0, 0.05) is 30.3 Å². The molecule has 2 amide bonds. The molecule has 2 aliphatic rings. The number of hydrogen-bond donors (Lipinski definition) is 3. The van der Waals surface area contributed by atoms with Gasteiger partial charge in [0.1, 0.15) is 17.7 Å². The van der Waals surface area contributed by atoms with Crippen molar-refractivity contribution in [3.8, 4) is 5.75 Å². The third-order valence-electron chi connectivity index (χ3n) is 8.45. The zero-order valence-corrected chi connectivity index (χ0v) is 26.5. The molecule has 2 aromatic carbocycles. The molecule has 1 saturated heterocycles. The van der Waals surface area contributed by atoms with E-state index in [1.165, 1.54) is 12.8 Å². The number of anilines is 1. The number of hydrogen-bond acceptors (Lipinski definition) is 7. The highest BCUT2D eigenvalue weighted by molar-refractivity contribution is 6.05. The first kappa shape index (κ1) is 30.2. The number of nitrogens with two attached hydrogens (primary N) is 1. The van der Waals surface area contributed by atoms with Gasteiger partial charge in [-0.25, -0.2) is 9.79 Å². The summed E-state index contributed by atoms with van der Waals surface area (Å²) in [7, 11) is 0. The minimum atomic E-state index is -0.342. The third kappa shape index (κ3) is 6.95. The van der Waals surface area contributed by atoms with Gasteiger partial charge >= 0.3 is 6.03 Å². The number of allylic oxidation sites excluding steroid dienone is 1. The molecule has 10 nitrogen and oxygen atoms in total. The number of ether oxygens (including phenoxy) is 1. The van der Waals surface area contributed by atoms with Crippen LogP contribution in [-0.4, -0.2) is 39.6 Å². The number of benzene rings is 2. The van der Waals surface area contributed by atoms with Crippen LogP contribution in [0.1, 0.15) is 75.3 Å². The Morgan fingerprint density at radius 2 is 1.73 bits per heavy atom. The van der Waals surface area contributed by atoms with Gasteiger partial charge in [-0.05, 0) is 68.0 Å². The van der Waals surface area contributed by atoms with Crippen LogP contribution in [0.4, 0.5) is 16.4 Å². The number of carbonyl (C=O) groups excluding carboxylic acids is 1. The van der Waals surface area contributed by atoms with Gasteiger partial charge in [0.05, 0.1) is 17.9 Å². The molecule has 0 bridgehead atoms. The van der Waals surface area contributed by atoms with E-state index < -0.39 is 0 Å². The molecule has 0 spiro atoms. The molecule has 0 unspecified atom stereocenters. The highest BCUT2D eigenvalue weighted by Gasteiger charge is 2.30. The van der Waals surface area contributed by atoms with E-state index in [2.05, 4.69) is 37.9 Å². The van der Waals surface area contributed by atoms with Crippen LogP contribution < -0.4 is 26.0 Å². The Bertz CT molecular complexity index is 1730. The lowest BCUT2D eigenvalue weighted by Crippen LogP contribution is -2.42. The van der Waals surface area contributed by atoms with Crippen molar-refractivity contribution in [2.45, 2.75) is 65.5 Å². The third-order valence-corrected chi connectivity index (χ3v) is 8.45. The molecule has 2 aromatic heterocycles. The smallest absolute Gasteiger partial charge is 0.320 e. The molecule has 45 heavy (non-hydrogen) atoms. The summed E-state index contributed by atoms with van der Waals surface area (Å²) in [6, 6.07) is 19.3. The molecule has 0 radical (unpaired) electrons. The second kappa shape index (κ2) is 12.6. The van der Waals surface area contributed by atoms with Crippen molar-refractivity contribution < 1.29 is 9.53 Å². The Morgan fingerprint density at radius 3 is 2.47 bits per heavy atom. The van der Waals surface area contributed by atoms with E-state index in [0.29, 0.717) is 18.0 Å². The molecular formula is C35H42N8O2. The van der Waals surface area contributed by atoms with Gasteiger partial charge < -0.3 is 20.7 Å². The number of rotatable bonds is 6. The van der Waals surface area contributed by atoms with Crippen molar-refractivity contribution in [1.82, 2.24) is 25.2 Å². The molecular weight excluding hydrogens is 564 g/mol. The standard InChI is InChI=1S/C35H42N8O2/c1-23-11-13-24(14-12-23)37-31(21-30(36)35(2,3)4)39-33(44)38-28-16-17-29(27-10-6-5-9-26(27)28)45-25-15-18-32-40-41-34(43(32)22-25)42-19-7-8-20-42/h5-6,9-15,18,21-22,28-29H,7-8,16-17,19-20,36H2,1-4H3,(H2,37,38,39,44)/b30-21-/t28-,29+/m0/s1. The van der Waals surface area contributed by atoms with Crippen molar-refractivity contribution in [2.75, 3.05) is 18.0 Å². The van der Waals surface area contributed by atoms with Crippen molar-refractivity contribution in [3.63, 3.8) is 0 Å². The number of carbonyl (C=O) groups is 1. The first-order valence-corrected chi connectivity index (χ1v) is 15.7. The molecule has 1 aliphatic heterocycles. The number of nitrogens with one attached hydrogen (secondary N) is 2.